The summed E-state index contributed by atoms with van der Waals surface area (Å²) < 4.78 is 50.3. The van der Waals surface area contributed by atoms with E-state index in [1.54, 1.807) is 30.3 Å². The molecule has 0 saturated carbocycles. The number of halogens is 1. The largest absolute Gasteiger partial charge is 0.474 e. The first-order chi connectivity index (χ1) is 18.4. The van der Waals surface area contributed by atoms with Gasteiger partial charge in [-0.25, -0.2) is 23.9 Å². The minimum absolute atomic E-state index is 0.0566. The highest BCUT2D eigenvalue weighted by Gasteiger charge is 2.40. The van der Waals surface area contributed by atoms with E-state index in [9.17, 15) is 13.8 Å². The number of fused-ring (bicyclic) bond motifs is 1. The van der Waals surface area contributed by atoms with Crippen LogP contribution in [-0.2, 0) is 22.9 Å². The van der Waals surface area contributed by atoms with Gasteiger partial charge in [0.15, 0.2) is 29.4 Å². The fraction of sp³-hybridized carbons (Fsp3) is 0.348. The molecule has 15 heteroatoms. The molecule has 0 bridgehead atoms. The van der Waals surface area contributed by atoms with E-state index in [0.717, 1.165) is 0 Å². The summed E-state index contributed by atoms with van der Waals surface area (Å²) in [5, 5.41) is 20.0. The minimum Gasteiger partial charge on any atom is -0.349 e. The number of nitrogens with one attached hydrogen (secondary N) is 1. The van der Waals surface area contributed by atoms with Crippen LogP contribution in [0, 0.1) is 29.1 Å². The summed E-state index contributed by atoms with van der Waals surface area (Å²) >= 11 is 0. The molecule has 38 heavy (non-hydrogen) atoms. The summed E-state index contributed by atoms with van der Waals surface area (Å²) in [6, 6.07) is 12.2. The molecule has 3 heterocycles. The van der Waals surface area contributed by atoms with Crippen molar-refractivity contribution >= 4 is 30.7 Å². The van der Waals surface area contributed by atoms with Crippen molar-refractivity contribution in [3.8, 4) is 12.1 Å². The van der Waals surface area contributed by atoms with Crippen molar-refractivity contribution in [2.75, 3.05) is 25.1 Å². The van der Waals surface area contributed by atoms with E-state index < -0.39 is 32.2 Å². The lowest BCUT2D eigenvalue weighted by molar-refractivity contribution is -0.0354. The van der Waals surface area contributed by atoms with Gasteiger partial charge in [-0.2, -0.15) is 10.5 Å². The molecular weight excluding hydrogens is 520 g/mol. The predicted octanol–water partition coefficient (Wildman–Crippen LogP) is 3.50. The highest BCUT2D eigenvalue weighted by molar-refractivity contribution is 7.48. The van der Waals surface area contributed by atoms with Gasteiger partial charge < -0.3 is 10.1 Å². The van der Waals surface area contributed by atoms with Crippen molar-refractivity contribution in [2.24, 2.45) is 0 Å². The number of imidazole rings is 1. The lowest BCUT2D eigenvalue weighted by Crippen LogP contribution is -2.18. The van der Waals surface area contributed by atoms with E-state index in [1.807, 2.05) is 12.1 Å². The first kappa shape index (κ1) is 27.3. The summed E-state index contributed by atoms with van der Waals surface area (Å²) in [7, 11) is -4.12. The normalized spacial score (nSPS) is 19.2. The van der Waals surface area contributed by atoms with Gasteiger partial charge in [0.2, 0.25) is 0 Å². The van der Waals surface area contributed by atoms with Gasteiger partial charge in [0.1, 0.15) is 6.33 Å². The van der Waals surface area contributed by atoms with Crippen LogP contribution in [0.5, 0.6) is 0 Å². The zero-order chi connectivity index (χ0) is 27.0. The maximum atomic E-state index is 15.0. The molecule has 1 N–H and O–H groups in total. The summed E-state index contributed by atoms with van der Waals surface area (Å²) in [4.78, 5) is 25.0. The lowest BCUT2D eigenvalue weighted by Gasteiger charge is -2.19. The van der Waals surface area contributed by atoms with Crippen LogP contribution < -0.4 is 5.32 Å². The molecule has 1 fully saturated rings. The van der Waals surface area contributed by atoms with Crippen LogP contribution in [0.4, 0.5) is 10.2 Å². The standard InChI is InChI=1S/C23H22FN7O6P/c24-18-12-17(13-36-38(33,34-10-4-8-25)35-11-5-9-26)37-23(18)31-15-29-19-20(27-14-28-21(19)31)30-22(32)16-6-2-1-3-7-16/h1-3,6-7,12,14-15,17-18,23H,4-5,10-11,13H2,(H,27,28,30,32)/t17-,18-,23-/m1/s1. The van der Waals surface area contributed by atoms with E-state index in [1.165, 1.54) is 23.6 Å². The molecular formula is C23H22FN7O6P. The SMILES string of the molecule is N#CCCOP(=O)(OCCC#N)OC[C@H]1[CH][C@@H](F)[C@H](n2cnc3c(NC(=O)c4ccccc4)ncnc32)O1. The third kappa shape index (κ3) is 6.55. The molecule has 3 atom stereocenters. The number of hydrogen-bond donors (Lipinski definition) is 1. The number of nitrogens with zero attached hydrogens (tertiary/aromatic N) is 6. The number of carbonyl (C=O) groups excluding carboxylic acids is 1. The van der Waals surface area contributed by atoms with Crippen LogP contribution in [0.2, 0.25) is 0 Å². The molecule has 3 aromatic rings. The van der Waals surface area contributed by atoms with E-state index in [-0.39, 0.29) is 49.6 Å². The van der Waals surface area contributed by atoms with Crippen molar-refractivity contribution in [3.63, 3.8) is 0 Å². The summed E-state index contributed by atoms with van der Waals surface area (Å²) in [5.74, 6) is -0.255. The van der Waals surface area contributed by atoms with Crippen molar-refractivity contribution in [1.29, 1.82) is 10.5 Å². The molecule has 1 radical (unpaired) electrons. The summed E-state index contributed by atoms with van der Waals surface area (Å²) in [5.41, 5.74) is 0.870. The molecule has 0 aliphatic carbocycles. The Labute approximate surface area is 216 Å². The average Bonchev–Trinajstić information content (AvgIpc) is 3.52. The second-order valence-electron chi connectivity index (χ2n) is 7.79. The Morgan fingerprint density at radius 1 is 1.11 bits per heavy atom. The zero-order valence-corrected chi connectivity index (χ0v) is 20.7. The van der Waals surface area contributed by atoms with Gasteiger partial charge in [0, 0.05) is 12.0 Å². The fourth-order valence-corrected chi connectivity index (χ4v) is 4.68. The third-order valence-electron chi connectivity index (χ3n) is 5.21. The average molecular weight is 542 g/mol. The van der Waals surface area contributed by atoms with Gasteiger partial charge in [-0.15, -0.1) is 0 Å². The first-order valence-electron chi connectivity index (χ1n) is 11.4. The molecule has 2 aromatic heterocycles. The van der Waals surface area contributed by atoms with Gasteiger partial charge in [-0.05, 0) is 12.1 Å². The van der Waals surface area contributed by atoms with Crippen molar-refractivity contribution in [1.82, 2.24) is 19.5 Å². The number of benzene rings is 1. The highest BCUT2D eigenvalue weighted by Crippen LogP contribution is 2.50. The number of amides is 1. The number of hydrogen-bond acceptors (Lipinski definition) is 11. The number of rotatable bonds is 12. The van der Waals surface area contributed by atoms with Crippen molar-refractivity contribution in [2.45, 2.75) is 31.3 Å². The number of phosphoric ester groups is 1. The maximum absolute atomic E-state index is 15.0. The monoisotopic (exact) mass is 542 g/mol. The van der Waals surface area contributed by atoms with Gasteiger partial charge in [0.25, 0.3) is 5.91 Å². The lowest BCUT2D eigenvalue weighted by atomic mass is 10.2. The first-order valence-corrected chi connectivity index (χ1v) is 12.9. The Bertz CT molecular complexity index is 1370. The Kier molecular flexibility index (Phi) is 9.07. The number of ether oxygens (including phenoxy) is 1. The molecule has 1 saturated heterocycles. The smallest absolute Gasteiger partial charge is 0.349 e. The molecule has 1 aliphatic rings. The van der Waals surface area contributed by atoms with Gasteiger partial charge in [-0.1, -0.05) is 18.2 Å². The van der Waals surface area contributed by atoms with E-state index in [2.05, 4.69) is 20.3 Å². The number of aromatic nitrogens is 4. The van der Waals surface area contributed by atoms with Crippen LogP contribution in [0.3, 0.4) is 0 Å². The van der Waals surface area contributed by atoms with Crippen LogP contribution in [0.1, 0.15) is 29.4 Å². The summed E-state index contributed by atoms with van der Waals surface area (Å²) in [6.45, 7) is -0.811. The van der Waals surface area contributed by atoms with Gasteiger partial charge in [-0.3, -0.25) is 22.9 Å². The Morgan fingerprint density at radius 2 is 1.82 bits per heavy atom. The Hall–Kier alpha value is -3.78. The number of carbonyl (C=O) groups is 1. The predicted molar refractivity (Wildman–Crippen MR) is 129 cm³/mol. The second-order valence-corrected chi connectivity index (χ2v) is 9.46. The van der Waals surface area contributed by atoms with Crippen LogP contribution in [-0.4, -0.2) is 57.5 Å². The topological polar surface area (TPSA) is 174 Å². The van der Waals surface area contributed by atoms with Crippen LogP contribution >= 0.6 is 7.82 Å². The van der Waals surface area contributed by atoms with Crippen molar-refractivity contribution < 1.29 is 32.1 Å². The number of anilines is 1. The van der Waals surface area contributed by atoms with Crippen LogP contribution in [0.25, 0.3) is 11.2 Å². The molecule has 1 aromatic carbocycles. The third-order valence-corrected chi connectivity index (χ3v) is 6.67. The molecule has 197 valence electrons. The van der Waals surface area contributed by atoms with Crippen molar-refractivity contribution in [3.05, 3.63) is 55.0 Å². The minimum atomic E-state index is -4.12. The highest BCUT2D eigenvalue weighted by atomic mass is 31.2. The maximum Gasteiger partial charge on any atom is 0.474 e. The number of nitriles is 2. The van der Waals surface area contributed by atoms with Gasteiger partial charge >= 0.3 is 7.82 Å². The molecule has 1 amide bonds. The number of phosphoric acid groups is 1. The fourth-order valence-electron chi connectivity index (χ4n) is 3.50. The quantitative estimate of drug-likeness (QED) is 0.262. The number of alkyl halides is 1. The Morgan fingerprint density at radius 3 is 2.50 bits per heavy atom. The molecule has 0 spiro atoms. The zero-order valence-electron chi connectivity index (χ0n) is 19.8. The molecule has 4 rings (SSSR count). The molecule has 0 unspecified atom stereocenters. The molecule has 1 aliphatic heterocycles. The Balaban J connectivity index is 1.43. The molecule has 13 nitrogen and oxygen atoms in total. The van der Waals surface area contributed by atoms with E-state index >= 15 is 0 Å². The second kappa shape index (κ2) is 12.6. The van der Waals surface area contributed by atoms with Crippen LogP contribution in [0.15, 0.2) is 43.0 Å². The van der Waals surface area contributed by atoms with E-state index in [4.69, 9.17) is 28.8 Å². The van der Waals surface area contributed by atoms with E-state index in [0.29, 0.717) is 5.56 Å². The van der Waals surface area contributed by atoms with Gasteiger partial charge in [0.05, 0.1) is 57.2 Å². The summed E-state index contributed by atoms with van der Waals surface area (Å²) in [6.07, 6.45) is -0.119.